The summed E-state index contributed by atoms with van der Waals surface area (Å²) in [4.78, 5) is 0. The molecule has 1 saturated carbocycles. The molecule has 0 spiro atoms. The van der Waals surface area contributed by atoms with Gasteiger partial charge in [-0.2, -0.15) is 0 Å². The Morgan fingerprint density at radius 3 is 2.19 bits per heavy atom. The molecule has 0 radical (unpaired) electrons. The lowest BCUT2D eigenvalue weighted by Gasteiger charge is -2.22. The predicted molar refractivity (Wildman–Crippen MR) is 90.2 cm³/mol. The molecular formula is C17H26BrNO2. The third-order valence-corrected chi connectivity index (χ3v) is 4.99. The summed E-state index contributed by atoms with van der Waals surface area (Å²) >= 11 is 3.70. The molecule has 0 bridgehead atoms. The third kappa shape index (κ3) is 3.54. The average Bonchev–Trinajstić information content (AvgIpc) is 3.04. The van der Waals surface area contributed by atoms with E-state index in [1.54, 1.807) is 0 Å². The predicted octanol–water partition coefficient (Wildman–Crippen LogP) is 4.55. The van der Waals surface area contributed by atoms with Crippen LogP contribution in [0.4, 0.5) is 0 Å². The molecule has 1 fully saturated rings. The summed E-state index contributed by atoms with van der Waals surface area (Å²) < 4.78 is 12.5. The van der Waals surface area contributed by atoms with Crippen LogP contribution in [0.2, 0.25) is 0 Å². The fraction of sp³-hybridized carbons (Fsp3) is 0.647. The van der Waals surface area contributed by atoms with Gasteiger partial charge in [-0.25, -0.2) is 0 Å². The number of ether oxygens (including phenoxy) is 2. The van der Waals surface area contributed by atoms with E-state index in [2.05, 4.69) is 41.2 Å². The van der Waals surface area contributed by atoms with Crippen LogP contribution >= 0.6 is 15.9 Å². The van der Waals surface area contributed by atoms with Crippen LogP contribution < -0.4 is 14.8 Å². The normalized spacial score (nSPS) is 21.0. The molecule has 0 heterocycles. The first-order valence-electron chi connectivity index (χ1n) is 7.70. The lowest BCUT2D eigenvalue weighted by molar-refractivity contribution is 0.286. The molecule has 1 aromatic rings. The molecule has 3 nitrogen and oxygen atoms in total. The van der Waals surface area contributed by atoms with Crippen molar-refractivity contribution in [3.05, 3.63) is 22.2 Å². The van der Waals surface area contributed by atoms with Crippen LogP contribution in [0.1, 0.15) is 45.7 Å². The van der Waals surface area contributed by atoms with Crippen molar-refractivity contribution in [2.24, 2.45) is 11.3 Å². The van der Waals surface area contributed by atoms with E-state index in [4.69, 9.17) is 9.47 Å². The van der Waals surface area contributed by atoms with Crippen LogP contribution in [-0.4, -0.2) is 20.3 Å². The quantitative estimate of drug-likeness (QED) is 0.777. The Balaban J connectivity index is 2.36. The van der Waals surface area contributed by atoms with Crippen molar-refractivity contribution in [3.8, 4) is 11.5 Å². The van der Waals surface area contributed by atoms with Crippen LogP contribution in [-0.2, 0) is 0 Å². The maximum absolute atomic E-state index is 5.76. The molecule has 0 saturated heterocycles. The summed E-state index contributed by atoms with van der Waals surface area (Å²) in [5.74, 6) is 2.29. The van der Waals surface area contributed by atoms with Crippen molar-refractivity contribution in [2.45, 2.75) is 40.2 Å². The third-order valence-electron chi connectivity index (χ3n) is 4.30. The van der Waals surface area contributed by atoms with Crippen molar-refractivity contribution in [3.63, 3.8) is 0 Å². The van der Waals surface area contributed by atoms with Crippen molar-refractivity contribution in [2.75, 3.05) is 20.3 Å². The molecule has 2 unspecified atom stereocenters. The summed E-state index contributed by atoms with van der Waals surface area (Å²) in [5.41, 5.74) is 1.66. The largest absolute Gasteiger partial charge is 0.490 e. The van der Waals surface area contributed by atoms with E-state index in [1.165, 1.54) is 12.0 Å². The van der Waals surface area contributed by atoms with Crippen LogP contribution in [0.25, 0.3) is 0 Å². The molecule has 0 amide bonds. The van der Waals surface area contributed by atoms with Gasteiger partial charge >= 0.3 is 0 Å². The van der Waals surface area contributed by atoms with E-state index >= 15 is 0 Å². The smallest absolute Gasteiger partial charge is 0.162 e. The van der Waals surface area contributed by atoms with Gasteiger partial charge in [-0.15, -0.1) is 0 Å². The summed E-state index contributed by atoms with van der Waals surface area (Å²) in [6.45, 7) is 9.91. The average molecular weight is 356 g/mol. The minimum absolute atomic E-state index is 0.337. The van der Waals surface area contributed by atoms with E-state index in [9.17, 15) is 0 Å². The molecule has 21 heavy (non-hydrogen) atoms. The maximum Gasteiger partial charge on any atom is 0.162 e. The van der Waals surface area contributed by atoms with Gasteiger partial charge in [-0.3, -0.25) is 0 Å². The van der Waals surface area contributed by atoms with Crippen molar-refractivity contribution >= 4 is 15.9 Å². The first-order chi connectivity index (χ1) is 9.94. The summed E-state index contributed by atoms with van der Waals surface area (Å²) in [6, 6.07) is 4.49. The topological polar surface area (TPSA) is 30.5 Å². The van der Waals surface area contributed by atoms with Crippen molar-refractivity contribution < 1.29 is 9.47 Å². The molecule has 2 rings (SSSR count). The minimum Gasteiger partial charge on any atom is -0.490 e. The van der Waals surface area contributed by atoms with Crippen LogP contribution in [0.15, 0.2) is 16.6 Å². The van der Waals surface area contributed by atoms with Gasteiger partial charge in [0.25, 0.3) is 0 Å². The van der Waals surface area contributed by atoms with Crippen LogP contribution in [0.3, 0.4) is 0 Å². The molecule has 1 aliphatic rings. The van der Waals surface area contributed by atoms with Gasteiger partial charge in [0.2, 0.25) is 0 Å². The molecule has 1 aromatic carbocycles. The lowest BCUT2D eigenvalue weighted by atomic mass is 9.97. The molecule has 1 aliphatic carbocycles. The summed E-state index contributed by atoms with van der Waals surface area (Å²) in [6.07, 6.45) is 1.25. The fourth-order valence-corrected chi connectivity index (χ4v) is 3.55. The summed E-state index contributed by atoms with van der Waals surface area (Å²) in [7, 11) is 2.03. The molecular weight excluding hydrogens is 330 g/mol. The summed E-state index contributed by atoms with van der Waals surface area (Å²) in [5, 5.41) is 3.47. The Kier molecular flexibility index (Phi) is 5.20. The highest BCUT2D eigenvalue weighted by Crippen LogP contribution is 2.58. The number of hydrogen-bond donors (Lipinski definition) is 1. The molecule has 2 atom stereocenters. The van der Waals surface area contributed by atoms with E-state index in [1.807, 2.05) is 27.0 Å². The Morgan fingerprint density at radius 2 is 1.76 bits per heavy atom. The van der Waals surface area contributed by atoms with Crippen LogP contribution in [0, 0.1) is 11.3 Å². The Labute approximate surface area is 136 Å². The minimum atomic E-state index is 0.337. The van der Waals surface area contributed by atoms with Crippen molar-refractivity contribution in [1.29, 1.82) is 0 Å². The zero-order valence-electron chi connectivity index (χ0n) is 13.6. The second-order valence-electron chi connectivity index (χ2n) is 6.25. The monoisotopic (exact) mass is 355 g/mol. The highest BCUT2D eigenvalue weighted by atomic mass is 79.9. The standard InChI is InChI=1S/C17H26BrNO2/c1-6-20-14-8-11(13(18)9-15(14)21-7-2)16(19-5)12-10-17(12,3)4/h8-9,12,16,19H,6-7,10H2,1-5H3. The van der Waals surface area contributed by atoms with Crippen LogP contribution in [0.5, 0.6) is 11.5 Å². The van der Waals surface area contributed by atoms with Gasteiger partial charge in [0.15, 0.2) is 11.5 Å². The highest BCUT2D eigenvalue weighted by Gasteiger charge is 2.50. The zero-order valence-corrected chi connectivity index (χ0v) is 15.2. The van der Waals surface area contributed by atoms with Gasteiger partial charge in [0.1, 0.15) is 0 Å². The maximum atomic E-state index is 5.76. The van der Waals surface area contributed by atoms with Gasteiger partial charge in [-0.05, 0) is 56.3 Å². The Bertz CT molecular complexity index is 502. The number of rotatable bonds is 7. The number of nitrogens with one attached hydrogen (secondary N) is 1. The van der Waals surface area contributed by atoms with Gasteiger partial charge < -0.3 is 14.8 Å². The number of halogens is 1. The van der Waals surface area contributed by atoms with Gasteiger partial charge in [0, 0.05) is 10.5 Å². The molecule has 0 aliphatic heterocycles. The Hall–Kier alpha value is -0.740. The number of benzene rings is 1. The van der Waals surface area contributed by atoms with Gasteiger partial charge in [0.05, 0.1) is 13.2 Å². The van der Waals surface area contributed by atoms with Gasteiger partial charge in [-0.1, -0.05) is 29.8 Å². The molecule has 118 valence electrons. The Morgan fingerprint density at radius 1 is 1.24 bits per heavy atom. The van der Waals surface area contributed by atoms with E-state index in [0.29, 0.717) is 30.6 Å². The highest BCUT2D eigenvalue weighted by molar-refractivity contribution is 9.10. The van der Waals surface area contributed by atoms with Crippen molar-refractivity contribution in [1.82, 2.24) is 5.32 Å². The van der Waals surface area contributed by atoms with E-state index in [0.717, 1.165) is 16.0 Å². The molecule has 1 N–H and O–H groups in total. The second-order valence-corrected chi connectivity index (χ2v) is 7.11. The lowest BCUT2D eigenvalue weighted by Crippen LogP contribution is -2.21. The SMILES string of the molecule is CCOc1cc(Br)c(C(NC)C2CC2(C)C)cc1OCC. The number of hydrogen-bond acceptors (Lipinski definition) is 3. The fourth-order valence-electron chi connectivity index (χ4n) is 2.98. The molecule has 4 heteroatoms. The van der Waals surface area contributed by atoms with E-state index in [-0.39, 0.29) is 0 Å². The first kappa shape index (κ1) is 16.6. The molecule has 0 aromatic heterocycles. The zero-order chi connectivity index (χ0) is 15.6. The van der Waals surface area contributed by atoms with E-state index < -0.39 is 0 Å². The first-order valence-corrected chi connectivity index (χ1v) is 8.50. The second kappa shape index (κ2) is 6.57.